The molecule has 0 bridgehead atoms. The Bertz CT molecular complexity index is 1320. The van der Waals surface area contributed by atoms with Crippen molar-refractivity contribution in [2.24, 2.45) is 0 Å². The van der Waals surface area contributed by atoms with E-state index in [2.05, 4.69) is 63.7 Å². The van der Waals surface area contributed by atoms with Crippen LogP contribution in [0.1, 0.15) is 27.8 Å². The number of hydrogen-bond donors (Lipinski definition) is 2. The number of halogens is 4. The second kappa shape index (κ2) is 10.8. The van der Waals surface area contributed by atoms with Crippen LogP contribution < -0.4 is 0 Å². The van der Waals surface area contributed by atoms with Crippen LogP contribution in [0.2, 0.25) is 0 Å². The van der Waals surface area contributed by atoms with E-state index in [9.17, 15) is 18.6 Å². The number of aromatic hydroxyl groups is 2. The zero-order valence-electron chi connectivity index (χ0n) is 18.0. The first-order chi connectivity index (χ1) is 14.4. The monoisotopic (exact) mass is 740 g/mol. The predicted octanol–water partition coefficient (Wildman–Crippen LogP) is 6.01. The molecule has 0 atom stereocenters. The van der Waals surface area contributed by atoms with E-state index in [1.54, 1.807) is 44.2 Å². The van der Waals surface area contributed by atoms with Crippen molar-refractivity contribution < 1.29 is 22.8 Å². The Morgan fingerprint density at radius 1 is 0.788 bits per heavy atom. The van der Waals surface area contributed by atoms with E-state index in [4.69, 9.17) is 4.18 Å². The maximum atomic E-state index is 13.1. The predicted molar refractivity (Wildman–Crippen MR) is 143 cm³/mol. The normalized spacial score (nSPS) is 15.3. The molecule has 12 heteroatoms. The van der Waals surface area contributed by atoms with Crippen LogP contribution >= 0.6 is 63.7 Å². The van der Waals surface area contributed by atoms with Crippen molar-refractivity contribution in [1.29, 1.82) is 0 Å². The van der Waals surface area contributed by atoms with Crippen molar-refractivity contribution >= 4 is 133 Å². The van der Waals surface area contributed by atoms with Crippen LogP contribution in [0.4, 0.5) is 0 Å². The summed E-state index contributed by atoms with van der Waals surface area (Å²) in [5.41, 5.74) is 1.13. The first-order valence-electron chi connectivity index (χ1n) is 8.84. The minimum Gasteiger partial charge on any atom is -0.506 e. The van der Waals surface area contributed by atoms with Crippen LogP contribution in [0.5, 0.6) is 11.5 Å². The molecule has 0 fully saturated rings. The van der Waals surface area contributed by atoms with Gasteiger partial charge in [0.2, 0.25) is 0 Å². The van der Waals surface area contributed by atoms with Gasteiger partial charge >= 0.3 is 0 Å². The van der Waals surface area contributed by atoms with Gasteiger partial charge in [-0.25, -0.2) is 4.18 Å². The minimum atomic E-state index is -4.10. The SMILES string of the molecule is Cc1c(C2(c3cc(Br)c(O)c(Br)c3C)OS(=O)(=O)c3ccccc32)cc(Br)c(O)c1Br.[Na].[Na]. The summed E-state index contributed by atoms with van der Waals surface area (Å²) in [5.74, 6) is -0.00865. The van der Waals surface area contributed by atoms with Crippen LogP contribution in [0.25, 0.3) is 0 Å². The number of rotatable bonds is 2. The Hall–Kier alpha value is 1.09. The maximum absolute atomic E-state index is 13.1. The van der Waals surface area contributed by atoms with Gasteiger partial charge in [0.05, 0.1) is 17.9 Å². The van der Waals surface area contributed by atoms with Gasteiger partial charge in [0.25, 0.3) is 10.1 Å². The molecule has 2 radical (unpaired) electrons. The molecule has 33 heavy (non-hydrogen) atoms. The molecule has 3 aromatic carbocycles. The minimum absolute atomic E-state index is 0. The Morgan fingerprint density at radius 3 is 1.67 bits per heavy atom. The zero-order valence-corrected chi connectivity index (χ0v) is 29.2. The first kappa shape index (κ1) is 30.3. The van der Waals surface area contributed by atoms with Crippen LogP contribution in [0, 0.1) is 13.8 Å². The third kappa shape index (κ3) is 4.75. The van der Waals surface area contributed by atoms with E-state index in [1.165, 1.54) is 6.07 Å². The number of benzene rings is 3. The van der Waals surface area contributed by atoms with Crippen LogP contribution in [0.3, 0.4) is 0 Å². The van der Waals surface area contributed by atoms with Gasteiger partial charge in [0.15, 0.2) is 5.60 Å². The molecule has 5 nitrogen and oxygen atoms in total. The zero-order chi connectivity index (χ0) is 22.9. The van der Waals surface area contributed by atoms with E-state index in [-0.39, 0.29) is 75.5 Å². The fraction of sp³-hybridized carbons (Fsp3) is 0.143. The quantitative estimate of drug-likeness (QED) is 0.248. The average Bonchev–Trinajstić information content (AvgIpc) is 2.98. The van der Waals surface area contributed by atoms with Crippen molar-refractivity contribution in [2.45, 2.75) is 24.3 Å². The summed E-state index contributed by atoms with van der Waals surface area (Å²) in [4.78, 5) is 0.0643. The molecular formula is C21H14Br4Na2O5S. The van der Waals surface area contributed by atoms with Gasteiger partial charge in [-0.1, -0.05) is 18.2 Å². The molecule has 1 heterocycles. The third-order valence-corrected chi connectivity index (χ3v) is 9.92. The summed E-state index contributed by atoms with van der Waals surface area (Å²) in [6.07, 6.45) is 0. The number of fused-ring (bicyclic) bond motifs is 1. The Morgan fingerprint density at radius 2 is 1.21 bits per heavy atom. The third-order valence-electron chi connectivity index (χ3n) is 5.41. The van der Waals surface area contributed by atoms with E-state index in [0.717, 1.165) is 0 Å². The second-order valence-corrected chi connectivity index (χ2v) is 11.9. The maximum Gasteiger partial charge on any atom is 0.298 e. The number of phenolic OH excluding ortho intramolecular Hbond substituents is 2. The van der Waals surface area contributed by atoms with E-state index >= 15 is 0 Å². The molecule has 4 rings (SSSR count). The van der Waals surface area contributed by atoms with E-state index < -0.39 is 15.7 Å². The molecular weight excluding hydrogens is 730 g/mol. The molecule has 164 valence electrons. The number of hydrogen-bond acceptors (Lipinski definition) is 5. The van der Waals surface area contributed by atoms with Gasteiger partial charge in [0, 0.05) is 64.7 Å². The molecule has 3 aromatic rings. The smallest absolute Gasteiger partial charge is 0.298 e. The summed E-state index contributed by atoms with van der Waals surface area (Å²) >= 11 is 13.5. The number of phenols is 2. The van der Waals surface area contributed by atoms with E-state index in [0.29, 0.717) is 45.7 Å². The van der Waals surface area contributed by atoms with Gasteiger partial charge in [-0.3, -0.25) is 0 Å². The summed E-state index contributed by atoms with van der Waals surface area (Å²) in [5, 5.41) is 20.8. The van der Waals surface area contributed by atoms with Crippen molar-refractivity contribution in [3.63, 3.8) is 0 Å². The molecule has 0 unspecified atom stereocenters. The van der Waals surface area contributed by atoms with Crippen molar-refractivity contribution in [3.05, 3.63) is 82.1 Å². The summed E-state index contributed by atoms with van der Waals surface area (Å²) in [6, 6.07) is 9.91. The molecule has 0 amide bonds. The van der Waals surface area contributed by atoms with Gasteiger partial charge in [0.1, 0.15) is 16.4 Å². The molecule has 0 saturated heterocycles. The average molecular weight is 744 g/mol. The second-order valence-electron chi connectivity index (χ2n) is 7.10. The Kier molecular flexibility index (Phi) is 9.95. The standard InChI is InChI=1S/C21H14Br4O5S.2Na/c1-9-12(7-14(22)19(26)17(9)24)21(13-8-15(23)20(27)18(25)10(13)2)11-5-3-4-6-16(11)31(28,29)30-21;;/h3-8,26-27H,1-2H3;;. The fourth-order valence-corrected chi connectivity index (χ4v) is 7.55. The van der Waals surface area contributed by atoms with Gasteiger partial charge in [-0.05, 0) is 118 Å². The molecule has 1 aliphatic rings. The van der Waals surface area contributed by atoms with Crippen LogP contribution in [0.15, 0.2) is 59.2 Å². The molecule has 1 aliphatic heterocycles. The molecule has 0 spiro atoms. The van der Waals surface area contributed by atoms with Crippen molar-refractivity contribution in [1.82, 2.24) is 0 Å². The molecule has 0 saturated carbocycles. The van der Waals surface area contributed by atoms with Crippen molar-refractivity contribution in [3.8, 4) is 11.5 Å². The molecule has 2 N–H and O–H groups in total. The van der Waals surface area contributed by atoms with E-state index in [1.807, 2.05) is 0 Å². The summed E-state index contributed by atoms with van der Waals surface area (Å²) in [6.45, 7) is 3.54. The largest absolute Gasteiger partial charge is 0.506 e. The Labute approximate surface area is 269 Å². The Balaban J connectivity index is 0.00000193. The topological polar surface area (TPSA) is 83.8 Å². The molecule has 0 aromatic heterocycles. The summed E-state index contributed by atoms with van der Waals surface area (Å²) < 4.78 is 33.8. The van der Waals surface area contributed by atoms with Crippen molar-refractivity contribution in [2.75, 3.05) is 0 Å². The van der Waals surface area contributed by atoms with Gasteiger partial charge < -0.3 is 10.2 Å². The van der Waals surface area contributed by atoms with Gasteiger partial charge in [-0.2, -0.15) is 8.42 Å². The fourth-order valence-electron chi connectivity index (χ4n) is 3.89. The summed E-state index contributed by atoms with van der Waals surface area (Å²) in [7, 11) is -4.10. The molecule has 0 aliphatic carbocycles. The van der Waals surface area contributed by atoms with Gasteiger partial charge in [-0.15, -0.1) is 0 Å². The first-order valence-corrected chi connectivity index (χ1v) is 13.4. The van der Waals surface area contributed by atoms with Crippen LogP contribution in [-0.2, 0) is 19.9 Å². The van der Waals surface area contributed by atoms with Crippen LogP contribution in [-0.4, -0.2) is 77.7 Å².